The fourth-order valence-corrected chi connectivity index (χ4v) is 3.38. The Morgan fingerprint density at radius 1 is 1.30 bits per heavy atom. The normalized spacial score (nSPS) is 15.3. The minimum absolute atomic E-state index is 0.136. The first-order valence-electron chi connectivity index (χ1n) is 6.52. The molecule has 6 heteroatoms. The standard InChI is InChI=1S/C14H19N3OS2/c1-10(18)16-6-8-17(9-7-16)11-4-3-5-12(20-2)13(11)14(15)19/h3-5H,6-9H2,1-2H3,(H2,15,19). The number of amides is 1. The minimum Gasteiger partial charge on any atom is -0.389 e. The van der Waals surface area contributed by atoms with Crippen molar-refractivity contribution in [3.05, 3.63) is 23.8 Å². The number of carbonyl (C=O) groups excluding carboxylic acids is 1. The summed E-state index contributed by atoms with van der Waals surface area (Å²) in [6, 6.07) is 6.12. The molecule has 0 saturated carbocycles. The fraction of sp³-hybridized carbons (Fsp3) is 0.429. The topological polar surface area (TPSA) is 49.6 Å². The van der Waals surface area contributed by atoms with Crippen LogP contribution in [-0.2, 0) is 4.79 Å². The Morgan fingerprint density at radius 2 is 1.95 bits per heavy atom. The molecule has 0 spiro atoms. The van der Waals surface area contributed by atoms with Gasteiger partial charge in [0.05, 0.1) is 0 Å². The molecular formula is C14H19N3OS2. The molecule has 4 nitrogen and oxygen atoms in total. The first-order chi connectivity index (χ1) is 9.54. The fourth-order valence-electron chi connectivity index (χ4n) is 2.46. The molecule has 0 bridgehead atoms. The van der Waals surface area contributed by atoms with Gasteiger partial charge < -0.3 is 15.5 Å². The number of carbonyl (C=O) groups is 1. The maximum Gasteiger partial charge on any atom is 0.219 e. The van der Waals surface area contributed by atoms with Crippen LogP contribution in [-0.4, -0.2) is 48.2 Å². The van der Waals surface area contributed by atoms with Gasteiger partial charge in [0, 0.05) is 49.2 Å². The van der Waals surface area contributed by atoms with Crippen LogP contribution < -0.4 is 10.6 Å². The zero-order chi connectivity index (χ0) is 14.7. The molecule has 1 aromatic carbocycles. The van der Waals surface area contributed by atoms with Crippen molar-refractivity contribution in [3.8, 4) is 0 Å². The molecule has 2 N–H and O–H groups in total. The predicted molar refractivity (Wildman–Crippen MR) is 88.6 cm³/mol. The number of rotatable bonds is 3. The van der Waals surface area contributed by atoms with Crippen molar-refractivity contribution in [3.63, 3.8) is 0 Å². The largest absolute Gasteiger partial charge is 0.389 e. The number of hydrogen-bond donors (Lipinski definition) is 1. The van der Waals surface area contributed by atoms with E-state index in [0.29, 0.717) is 4.99 Å². The van der Waals surface area contributed by atoms with Crippen molar-refractivity contribution in [1.82, 2.24) is 4.90 Å². The zero-order valence-electron chi connectivity index (χ0n) is 11.8. The van der Waals surface area contributed by atoms with E-state index in [9.17, 15) is 4.79 Å². The summed E-state index contributed by atoms with van der Waals surface area (Å²) in [6.07, 6.45) is 2.02. The van der Waals surface area contributed by atoms with Crippen LogP contribution in [0.1, 0.15) is 12.5 Å². The van der Waals surface area contributed by atoms with E-state index in [1.165, 1.54) is 0 Å². The van der Waals surface area contributed by atoms with Crippen molar-refractivity contribution in [1.29, 1.82) is 0 Å². The van der Waals surface area contributed by atoms with Crippen molar-refractivity contribution >= 4 is 40.6 Å². The molecule has 1 saturated heterocycles. The third-order valence-electron chi connectivity index (χ3n) is 3.54. The highest BCUT2D eigenvalue weighted by atomic mass is 32.2. The average molecular weight is 309 g/mol. The highest BCUT2D eigenvalue weighted by Gasteiger charge is 2.22. The molecule has 108 valence electrons. The van der Waals surface area contributed by atoms with E-state index >= 15 is 0 Å². The maximum atomic E-state index is 11.4. The smallest absolute Gasteiger partial charge is 0.219 e. The van der Waals surface area contributed by atoms with Gasteiger partial charge in [-0.3, -0.25) is 4.79 Å². The summed E-state index contributed by atoms with van der Waals surface area (Å²) in [7, 11) is 0. The van der Waals surface area contributed by atoms with Gasteiger partial charge in [0.15, 0.2) is 0 Å². The maximum absolute atomic E-state index is 11.4. The third-order valence-corrected chi connectivity index (χ3v) is 4.52. The summed E-state index contributed by atoms with van der Waals surface area (Å²) in [6.45, 7) is 4.73. The molecule has 0 aromatic heterocycles. The predicted octanol–water partition coefficient (Wildman–Crippen LogP) is 1.71. The highest BCUT2D eigenvalue weighted by Crippen LogP contribution is 2.30. The molecule has 1 amide bonds. The van der Waals surface area contributed by atoms with Crippen LogP contribution in [0, 0.1) is 0 Å². The summed E-state index contributed by atoms with van der Waals surface area (Å²) in [5, 5.41) is 0. The Bertz CT molecular complexity index is 525. The Hall–Kier alpha value is -1.27. The number of nitrogens with zero attached hydrogens (tertiary/aromatic N) is 2. The summed E-state index contributed by atoms with van der Waals surface area (Å²) < 4.78 is 0. The molecule has 0 aliphatic carbocycles. The van der Waals surface area contributed by atoms with Crippen molar-refractivity contribution in [2.24, 2.45) is 5.73 Å². The van der Waals surface area contributed by atoms with E-state index < -0.39 is 0 Å². The third kappa shape index (κ3) is 3.07. The van der Waals surface area contributed by atoms with E-state index in [2.05, 4.69) is 11.0 Å². The number of nitrogens with two attached hydrogens (primary N) is 1. The lowest BCUT2D eigenvalue weighted by Crippen LogP contribution is -2.48. The summed E-state index contributed by atoms with van der Waals surface area (Å²) in [5.74, 6) is 0.136. The van der Waals surface area contributed by atoms with E-state index in [4.69, 9.17) is 18.0 Å². The van der Waals surface area contributed by atoms with Crippen LogP contribution in [0.3, 0.4) is 0 Å². The van der Waals surface area contributed by atoms with E-state index in [1.807, 2.05) is 23.3 Å². The first-order valence-corrected chi connectivity index (χ1v) is 8.15. The second-order valence-corrected chi connectivity index (χ2v) is 6.00. The SMILES string of the molecule is CSc1cccc(N2CCN(C(C)=O)CC2)c1C(N)=S. The number of anilines is 1. The molecule has 0 radical (unpaired) electrons. The molecular weight excluding hydrogens is 290 g/mol. The lowest BCUT2D eigenvalue weighted by atomic mass is 10.1. The number of hydrogen-bond acceptors (Lipinski definition) is 4. The lowest BCUT2D eigenvalue weighted by Gasteiger charge is -2.36. The van der Waals surface area contributed by atoms with Crippen molar-refractivity contribution in [2.45, 2.75) is 11.8 Å². The highest BCUT2D eigenvalue weighted by molar-refractivity contribution is 7.98. The lowest BCUT2D eigenvalue weighted by molar-refractivity contribution is -0.129. The molecule has 2 rings (SSSR count). The second-order valence-electron chi connectivity index (χ2n) is 4.71. The Labute approximate surface area is 129 Å². The Morgan fingerprint density at radius 3 is 2.45 bits per heavy atom. The summed E-state index contributed by atoms with van der Waals surface area (Å²) >= 11 is 6.86. The van der Waals surface area contributed by atoms with Gasteiger partial charge in [0.25, 0.3) is 0 Å². The van der Waals surface area contributed by atoms with Crippen LogP contribution in [0.25, 0.3) is 0 Å². The van der Waals surface area contributed by atoms with E-state index in [-0.39, 0.29) is 5.91 Å². The van der Waals surface area contributed by atoms with Gasteiger partial charge in [-0.15, -0.1) is 11.8 Å². The van der Waals surface area contributed by atoms with Crippen LogP contribution in [0.15, 0.2) is 23.1 Å². The van der Waals surface area contributed by atoms with Gasteiger partial charge in [-0.25, -0.2) is 0 Å². The number of thioether (sulfide) groups is 1. The quantitative estimate of drug-likeness (QED) is 0.680. The van der Waals surface area contributed by atoms with Gasteiger partial charge in [0.2, 0.25) is 5.91 Å². The second kappa shape index (κ2) is 6.45. The molecule has 0 unspecified atom stereocenters. The molecule has 1 heterocycles. The van der Waals surface area contributed by atoms with Crippen molar-refractivity contribution < 1.29 is 4.79 Å². The Kier molecular flexibility index (Phi) is 4.88. The number of benzene rings is 1. The molecule has 1 fully saturated rings. The molecule has 0 atom stereocenters. The first kappa shape index (κ1) is 15.1. The van der Waals surface area contributed by atoms with Gasteiger partial charge in [-0.05, 0) is 18.4 Å². The minimum atomic E-state index is 0.136. The monoisotopic (exact) mass is 309 g/mol. The summed E-state index contributed by atoms with van der Waals surface area (Å²) in [5.41, 5.74) is 7.93. The van der Waals surface area contributed by atoms with E-state index in [1.54, 1.807) is 18.7 Å². The van der Waals surface area contributed by atoms with Crippen molar-refractivity contribution in [2.75, 3.05) is 37.3 Å². The van der Waals surface area contributed by atoms with Crippen LogP contribution in [0.4, 0.5) is 5.69 Å². The summed E-state index contributed by atoms with van der Waals surface area (Å²) in [4.78, 5) is 17.0. The van der Waals surface area contributed by atoms with Crippen LogP contribution in [0.2, 0.25) is 0 Å². The van der Waals surface area contributed by atoms with Crippen LogP contribution in [0.5, 0.6) is 0 Å². The van der Waals surface area contributed by atoms with Gasteiger partial charge in [0.1, 0.15) is 4.99 Å². The molecule has 1 aromatic rings. The Balaban J connectivity index is 2.26. The van der Waals surface area contributed by atoms with Crippen LogP contribution >= 0.6 is 24.0 Å². The molecule has 1 aliphatic heterocycles. The van der Waals surface area contributed by atoms with Gasteiger partial charge >= 0.3 is 0 Å². The molecule has 1 aliphatic rings. The average Bonchev–Trinajstić information content (AvgIpc) is 2.46. The number of thiocarbonyl (C=S) groups is 1. The van der Waals surface area contributed by atoms with Gasteiger partial charge in [-0.2, -0.15) is 0 Å². The van der Waals surface area contributed by atoms with Gasteiger partial charge in [-0.1, -0.05) is 18.3 Å². The molecule has 20 heavy (non-hydrogen) atoms. The van der Waals surface area contributed by atoms with E-state index in [0.717, 1.165) is 42.3 Å². The number of piperazine rings is 1. The zero-order valence-corrected chi connectivity index (χ0v) is 13.4.